The molecule has 0 radical (unpaired) electrons. The quantitative estimate of drug-likeness (QED) is 0.216. The second-order valence-electron chi connectivity index (χ2n) is 7.40. The first kappa shape index (κ1) is 25.6. The molecule has 0 spiro atoms. The summed E-state index contributed by atoms with van der Waals surface area (Å²) in [5.74, 6) is -0.819. The summed E-state index contributed by atoms with van der Waals surface area (Å²) in [5.41, 5.74) is 1.77. The molecule has 1 aliphatic rings. The number of carbonyl (C=O) groups excluding carboxylic acids is 2. The van der Waals surface area contributed by atoms with Gasteiger partial charge in [0, 0.05) is 12.1 Å². The average Bonchev–Trinajstić information content (AvgIpc) is 2.85. The molecule has 0 aliphatic carbocycles. The van der Waals surface area contributed by atoms with E-state index in [1.54, 1.807) is 44.2 Å². The molecular weight excluding hydrogens is 480 g/mol. The Labute approximate surface area is 206 Å². The van der Waals surface area contributed by atoms with E-state index < -0.39 is 23.2 Å². The molecule has 10 nitrogen and oxygen atoms in total. The van der Waals surface area contributed by atoms with Gasteiger partial charge in [-0.3, -0.25) is 10.1 Å². The van der Waals surface area contributed by atoms with E-state index in [-0.39, 0.29) is 36.3 Å². The Bertz CT molecular complexity index is 1160. The Morgan fingerprint density at radius 3 is 2.20 bits per heavy atom. The van der Waals surface area contributed by atoms with Gasteiger partial charge < -0.3 is 24.3 Å². The molecule has 3 rings (SSSR count). The van der Waals surface area contributed by atoms with Crippen LogP contribution in [-0.2, 0) is 25.6 Å². The van der Waals surface area contributed by atoms with Crippen molar-refractivity contribution in [1.82, 2.24) is 5.32 Å². The maximum absolute atomic E-state index is 12.6. The lowest BCUT2D eigenvalue weighted by Crippen LogP contribution is -2.29. The Morgan fingerprint density at radius 1 is 0.971 bits per heavy atom. The van der Waals surface area contributed by atoms with Gasteiger partial charge in [0.05, 0.1) is 22.2 Å². The highest BCUT2D eigenvalue weighted by Crippen LogP contribution is 2.40. The van der Waals surface area contributed by atoms with Crippen LogP contribution in [0, 0.1) is 10.1 Å². The third kappa shape index (κ3) is 6.73. The summed E-state index contributed by atoms with van der Waals surface area (Å²) in [6.07, 6.45) is -2.02. The first-order chi connectivity index (χ1) is 16.8. The second-order valence-corrected chi connectivity index (χ2v) is 7.78. The number of dihydropyridines is 1. The molecule has 1 unspecified atom stereocenters. The van der Waals surface area contributed by atoms with Crippen LogP contribution in [0.25, 0.3) is 0 Å². The van der Waals surface area contributed by atoms with E-state index in [1.807, 2.05) is 6.07 Å². The number of ether oxygens (including phenoxy) is 4. The van der Waals surface area contributed by atoms with Crippen LogP contribution in [0.2, 0.25) is 0 Å². The zero-order valence-electron chi connectivity index (χ0n) is 19.0. The fraction of sp³-hybridized carbons (Fsp3) is 0.250. The van der Waals surface area contributed by atoms with Crippen LogP contribution >= 0.6 is 11.6 Å². The molecule has 1 atom stereocenters. The van der Waals surface area contributed by atoms with Gasteiger partial charge in [0.15, 0.2) is 0 Å². The van der Waals surface area contributed by atoms with Crippen molar-refractivity contribution in [2.75, 3.05) is 12.5 Å². The van der Waals surface area contributed by atoms with Crippen LogP contribution in [0.15, 0.2) is 77.5 Å². The summed E-state index contributed by atoms with van der Waals surface area (Å²) < 4.78 is 21.1. The standard InChI is InChI=1S/C24H23ClN2O8/c1-15-21(34-23(28)32-12-11-25)20(18-9-6-10-19(13-18)27(30)31)22(16(2)26-15)35-24(29)33-14-17-7-4-3-5-8-17/h3-10,13,20,26H,11-12,14H2,1-2H3. The highest BCUT2D eigenvalue weighted by Gasteiger charge is 2.36. The van der Waals surface area contributed by atoms with E-state index in [0.717, 1.165) is 5.56 Å². The van der Waals surface area contributed by atoms with Crippen molar-refractivity contribution >= 4 is 29.6 Å². The van der Waals surface area contributed by atoms with Crippen LogP contribution in [0.5, 0.6) is 0 Å². The number of nitrogens with zero attached hydrogens (tertiary/aromatic N) is 1. The summed E-state index contributed by atoms with van der Waals surface area (Å²) in [6, 6.07) is 14.7. The third-order valence-electron chi connectivity index (χ3n) is 4.94. The number of hydrogen-bond donors (Lipinski definition) is 1. The third-order valence-corrected chi connectivity index (χ3v) is 5.09. The number of nitro groups is 1. The highest BCUT2D eigenvalue weighted by atomic mass is 35.5. The first-order valence-corrected chi connectivity index (χ1v) is 11.1. The zero-order valence-corrected chi connectivity index (χ0v) is 19.7. The molecule has 0 saturated carbocycles. The van der Waals surface area contributed by atoms with Crippen molar-refractivity contribution in [3.8, 4) is 0 Å². The van der Waals surface area contributed by atoms with Crippen molar-refractivity contribution in [2.45, 2.75) is 26.4 Å². The van der Waals surface area contributed by atoms with E-state index >= 15 is 0 Å². The van der Waals surface area contributed by atoms with Gasteiger partial charge in [-0.05, 0) is 25.0 Å². The van der Waals surface area contributed by atoms with Gasteiger partial charge in [0.25, 0.3) is 5.69 Å². The lowest BCUT2D eigenvalue weighted by atomic mass is 9.90. The first-order valence-electron chi connectivity index (χ1n) is 10.5. The molecule has 2 aromatic rings. The van der Waals surface area contributed by atoms with E-state index in [4.69, 9.17) is 30.5 Å². The van der Waals surface area contributed by atoms with Gasteiger partial charge in [0.2, 0.25) is 0 Å². The molecule has 35 heavy (non-hydrogen) atoms. The molecule has 184 valence electrons. The summed E-state index contributed by atoms with van der Waals surface area (Å²) in [7, 11) is 0. The maximum Gasteiger partial charge on any atom is 0.513 e. The minimum absolute atomic E-state index is 0.0239. The van der Waals surface area contributed by atoms with Gasteiger partial charge in [-0.1, -0.05) is 42.5 Å². The van der Waals surface area contributed by atoms with Crippen LogP contribution in [0.1, 0.15) is 30.9 Å². The van der Waals surface area contributed by atoms with Crippen LogP contribution in [0.4, 0.5) is 15.3 Å². The summed E-state index contributed by atoms with van der Waals surface area (Å²) >= 11 is 5.56. The predicted octanol–water partition coefficient (Wildman–Crippen LogP) is 5.49. The van der Waals surface area contributed by atoms with Gasteiger partial charge >= 0.3 is 12.3 Å². The van der Waals surface area contributed by atoms with Crippen molar-refractivity contribution in [3.63, 3.8) is 0 Å². The molecule has 0 saturated heterocycles. The number of allylic oxidation sites excluding steroid dienone is 2. The SMILES string of the molecule is CC1=C(OC(=O)OCCCl)C(c2cccc([N+](=O)[O-])c2)C(OC(=O)OCc2ccccc2)=C(C)N1. The van der Waals surface area contributed by atoms with E-state index in [2.05, 4.69) is 5.32 Å². The number of halogens is 1. The van der Waals surface area contributed by atoms with Crippen LogP contribution in [0.3, 0.4) is 0 Å². The zero-order chi connectivity index (χ0) is 25.4. The molecular formula is C24H23ClN2O8. The molecule has 0 amide bonds. The van der Waals surface area contributed by atoms with Gasteiger partial charge in [-0.2, -0.15) is 0 Å². The average molecular weight is 503 g/mol. The molecule has 11 heteroatoms. The van der Waals surface area contributed by atoms with Crippen molar-refractivity contribution in [2.24, 2.45) is 0 Å². The number of rotatable bonds is 8. The maximum atomic E-state index is 12.6. The molecule has 1 aliphatic heterocycles. The summed E-state index contributed by atoms with van der Waals surface area (Å²) in [6.45, 7) is 3.19. The van der Waals surface area contributed by atoms with E-state index in [9.17, 15) is 19.7 Å². The molecule has 0 fully saturated rings. The Hall–Kier alpha value is -4.05. The number of hydrogen-bond acceptors (Lipinski definition) is 9. The number of non-ortho nitro benzene ring substituents is 1. The molecule has 1 N–H and O–H groups in total. The lowest BCUT2D eigenvalue weighted by Gasteiger charge is -2.30. The summed E-state index contributed by atoms with van der Waals surface area (Å²) in [4.78, 5) is 35.6. The Morgan fingerprint density at radius 2 is 1.60 bits per heavy atom. The van der Waals surface area contributed by atoms with Crippen LogP contribution in [-0.4, -0.2) is 29.7 Å². The minimum atomic E-state index is -1.03. The lowest BCUT2D eigenvalue weighted by molar-refractivity contribution is -0.384. The molecule has 0 aromatic heterocycles. The monoisotopic (exact) mass is 502 g/mol. The highest BCUT2D eigenvalue weighted by molar-refractivity contribution is 6.18. The van der Waals surface area contributed by atoms with Crippen LogP contribution < -0.4 is 5.32 Å². The van der Waals surface area contributed by atoms with Crippen molar-refractivity contribution in [3.05, 3.63) is 98.8 Å². The number of nitro benzene ring substituents is 1. The molecule has 2 aromatic carbocycles. The number of benzene rings is 2. The molecule has 1 heterocycles. The Kier molecular flexibility index (Phi) is 8.69. The number of nitrogens with one attached hydrogen (secondary N) is 1. The smallest absolute Gasteiger partial charge is 0.433 e. The topological polar surface area (TPSA) is 126 Å². The predicted molar refractivity (Wildman–Crippen MR) is 125 cm³/mol. The molecule has 0 bridgehead atoms. The number of carbonyl (C=O) groups is 2. The number of alkyl halides is 1. The minimum Gasteiger partial charge on any atom is -0.433 e. The van der Waals surface area contributed by atoms with E-state index in [0.29, 0.717) is 17.0 Å². The van der Waals surface area contributed by atoms with Gasteiger partial charge in [0.1, 0.15) is 30.6 Å². The second kappa shape index (κ2) is 11.9. The Balaban J connectivity index is 1.92. The summed E-state index contributed by atoms with van der Waals surface area (Å²) in [5, 5.41) is 14.4. The largest absolute Gasteiger partial charge is 0.513 e. The fourth-order valence-corrected chi connectivity index (χ4v) is 3.50. The van der Waals surface area contributed by atoms with Gasteiger partial charge in [-0.15, -0.1) is 11.6 Å². The van der Waals surface area contributed by atoms with Gasteiger partial charge in [-0.25, -0.2) is 9.59 Å². The van der Waals surface area contributed by atoms with Crippen molar-refractivity contribution in [1.29, 1.82) is 0 Å². The van der Waals surface area contributed by atoms with E-state index in [1.165, 1.54) is 18.2 Å². The van der Waals surface area contributed by atoms with Crippen molar-refractivity contribution < 1.29 is 33.5 Å². The fourth-order valence-electron chi connectivity index (χ4n) is 3.43. The normalized spacial score (nSPS) is 15.2.